The van der Waals surface area contributed by atoms with Gasteiger partial charge in [0.15, 0.2) is 0 Å². The molecule has 5 nitrogen and oxygen atoms in total. The number of hydrogen-bond acceptors (Lipinski definition) is 3. The lowest BCUT2D eigenvalue weighted by molar-refractivity contribution is -0.121. The van der Waals surface area contributed by atoms with Gasteiger partial charge in [0.1, 0.15) is 6.54 Å². The number of amides is 1. The molecular weight excluding hydrogens is 240 g/mol. The zero-order chi connectivity index (χ0) is 13.5. The number of nitrogens with two attached hydrogens (primary N) is 1. The van der Waals surface area contributed by atoms with Gasteiger partial charge in [-0.1, -0.05) is 30.3 Å². The molecule has 0 saturated carbocycles. The molecule has 1 aromatic heterocycles. The van der Waals surface area contributed by atoms with Gasteiger partial charge >= 0.3 is 0 Å². The molecular formula is C14H18N4O. The number of aromatic nitrogens is 2. The Morgan fingerprint density at radius 1 is 1.32 bits per heavy atom. The molecule has 0 unspecified atom stereocenters. The number of carbonyl (C=O) groups is 1. The SMILES string of the molecule is NCCc1cn(CC(=O)NCc2ccccc2)cn1. The van der Waals surface area contributed by atoms with Gasteiger partial charge in [-0.3, -0.25) is 4.79 Å². The number of carbonyl (C=O) groups excluding carboxylic acids is 1. The van der Waals surface area contributed by atoms with Gasteiger partial charge in [0.05, 0.1) is 12.0 Å². The summed E-state index contributed by atoms with van der Waals surface area (Å²) < 4.78 is 1.77. The summed E-state index contributed by atoms with van der Waals surface area (Å²) in [4.78, 5) is 15.9. The van der Waals surface area contributed by atoms with Gasteiger partial charge in [0, 0.05) is 19.2 Å². The Balaban J connectivity index is 1.80. The maximum Gasteiger partial charge on any atom is 0.240 e. The number of hydrogen-bond donors (Lipinski definition) is 2. The fraction of sp³-hybridized carbons (Fsp3) is 0.286. The molecule has 0 atom stereocenters. The van der Waals surface area contributed by atoms with Crippen LogP contribution in [-0.2, 0) is 24.3 Å². The van der Waals surface area contributed by atoms with Gasteiger partial charge in [-0.15, -0.1) is 0 Å². The minimum absolute atomic E-state index is 0.0273. The van der Waals surface area contributed by atoms with Gasteiger partial charge in [-0.2, -0.15) is 0 Å². The Morgan fingerprint density at radius 2 is 2.11 bits per heavy atom. The number of nitrogens with zero attached hydrogens (tertiary/aromatic N) is 2. The minimum Gasteiger partial charge on any atom is -0.350 e. The van der Waals surface area contributed by atoms with Crippen molar-refractivity contribution in [3.8, 4) is 0 Å². The number of rotatable bonds is 6. The van der Waals surface area contributed by atoms with Crippen molar-refractivity contribution in [1.29, 1.82) is 0 Å². The van der Waals surface area contributed by atoms with E-state index in [-0.39, 0.29) is 12.5 Å². The number of imidazole rings is 1. The summed E-state index contributed by atoms with van der Waals surface area (Å²) in [7, 11) is 0. The topological polar surface area (TPSA) is 72.9 Å². The summed E-state index contributed by atoms with van der Waals surface area (Å²) in [5.41, 5.74) is 7.46. The van der Waals surface area contributed by atoms with Gasteiger partial charge in [-0.05, 0) is 12.1 Å². The molecule has 2 rings (SSSR count). The molecule has 0 saturated heterocycles. The maximum absolute atomic E-state index is 11.8. The van der Waals surface area contributed by atoms with Gasteiger partial charge < -0.3 is 15.6 Å². The molecule has 0 aliphatic rings. The van der Waals surface area contributed by atoms with Gasteiger partial charge in [0.2, 0.25) is 5.91 Å². The molecule has 0 fully saturated rings. The van der Waals surface area contributed by atoms with E-state index in [1.165, 1.54) is 0 Å². The van der Waals surface area contributed by atoms with E-state index < -0.39 is 0 Å². The summed E-state index contributed by atoms with van der Waals surface area (Å²) in [6.07, 6.45) is 4.25. The van der Waals surface area contributed by atoms with Crippen molar-refractivity contribution in [2.24, 2.45) is 5.73 Å². The van der Waals surface area contributed by atoms with Crippen LogP contribution in [0.4, 0.5) is 0 Å². The van der Waals surface area contributed by atoms with E-state index in [4.69, 9.17) is 5.73 Å². The van der Waals surface area contributed by atoms with E-state index >= 15 is 0 Å². The Bertz CT molecular complexity index is 521. The predicted octanol–water partition coefficient (Wildman–Crippen LogP) is 0.701. The zero-order valence-electron chi connectivity index (χ0n) is 10.7. The third-order valence-electron chi connectivity index (χ3n) is 2.75. The van der Waals surface area contributed by atoms with Crippen molar-refractivity contribution in [1.82, 2.24) is 14.9 Å². The monoisotopic (exact) mass is 258 g/mol. The molecule has 100 valence electrons. The normalized spacial score (nSPS) is 10.4. The van der Waals surface area contributed by atoms with Gasteiger partial charge in [0.25, 0.3) is 0 Å². The maximum atomic E-state index is 11.8. The van der Waals surface area contributed by atoms with Gasteiger partial charge in [-0.25, -0.2) is 4.98 Å². The van der Waals surface area contributed by atoms with Crippen LogP contribution in [0.1, 0.15) is 11.3 Å². The largest absolute Gasteiger partial charge is 0.350 e. The summed E-state index contributed by atoms with van der Waals surface area (Å²) in [6.45, 7) is 1.39. The highest BCUT2D eigenvalue weighted by atomic mass is 16.1. The molecule has 3 N–H and O–H groups in total. The molecule has 1 heterocycles. The van der Waals surface area contributed by atoms with Crippen molar-refractivity contribution >= 4 is 5.91 Å². The smallest absolute Gasteiger partial charge is 0.240 e. The lowest BCUT2D eigenvalue weighted by Gasteiger charge is -2.05. The fourth-order valence-corrected chi connectivity index (χ4v) is 1.79. The van der Waals surface area contributed by atoms with Crippen LogP contribution in [0.25, 0.3) is 0 Å². The first-order chi connectivity index (χ1) is 9.28. The lowest BCUT2D eigenvalue weighted by Crippen LogP contribution is -2.26. The Labute approximate surface area is 112 Å². The third-order valence-corrected chi connectivity index (χ3v) is 2.75. The van der Waals surface area contributed by atoms with E-state index in [2.05, 4.69) is 10.3 Å². The molecule has 0 bridgehead atoms. The van der Waals surface area contributed by atoms with Crippen LogP contribution in [0.2, 0.25) is 0 Å². The first kappa shape index (κ1) is 13.3. The number of nitrogens with one attached hydrogen (secondary N) is 1. The quantitative estimate of drug-likeness (QED) is 0.801. The Hall–Kier alpha value is -2.14. The van der Waals surface area contributed by atoms with Crippen molar-refractivity contribution in [3.63, 3.8) is 0 Å². The van der Waals surface area contributed by atoms with E-state index in [0.29, 0.717) is 13.1 Å². The van der Waals surface area contributed by atoms with E-state index in [9.17, 15) is 4.79 Å². The molecule has 0 spiro atoms. The summed E-state index contributed by atoms with van der Waals surface area (Å²) in [6, 6.07) is 9.83. The average Bonchev–Trinajstić information content (AvgIpc) is 2.85. The van der Waals surface area contributed by atoms with Crippen molar-refractivity contribution in [2.75, 3.05) is 6.54 Å². The van der Waals surface area contributed by atoms with E-state index in [1.54, 1.807) is 10.9 Å². The molecule has 1 amide bonds. The second-order valence-electron chi connectivity index (χ2n) is 4.34. The highest BCUT2D eigenvalue weighted by Gasteiger charge is 2.04. The van der Waals surface area contributed by atoms with Crippen molar-refractivity contribution in [3.05, 3.63) is 54.1 Å². The van der Waals surface area contributed by atoms with Crippen LogP contribution < -0.4 is 11.1 Å². The molecule has 2 aromatic rings. The second kappa shape index (κ2) is 6.70. The standard InChI is InChI=1S/C14H18N4O/c15-7-6-13-9-18(11-17-13)10-14(19)16-8-12-4-2-1-3-5-12/h1-5,9,11H,6-8,10,15H2,(H,16,19). The molecule has 19 heavy (non-hydrogen) atoms. The first-order valence-electron chi connectivity index (χ1n) is 6.29. The molecule has 0 aliphatic heterocycles. The average molecular weight is 258 g/mol. The third kappa shape index (κ3) is 4.22. The molecule has 0 radical (unpaired) electrons. The Morgan fingerprint density at radius 3 is 2.84 bits per heavy atom. The van der Waals surface area contributed by atoms with Crippen LogP contribution in [0, 0.1) is 0 Å². The highest BCUT2D eigenvalue weighted by molar-refractivity contribution is 5.75. The summed E-state index contributed by atoms with van der Waals surface area (Å²) in [5, 5.41) is 2.88. The van der Waals surface area contributed by atoms with Crippen molar-refractivity contribution in [2.45, 2.75) is 19.5 Å². The highest BCUT2D eigenvalue weighted by Crippen LogP contribution is 1.99. The molecule has 5 heteroatoms. The molecule has 1 aromatic carbocycles. The molecule has 0 aliphatic carbocycles. The minimum atomic E-state index is -0.0273. The van der Waals surface area contributed by atoms with E-state index in [1.807, 2.05) is 36.5 Å². The Kier molecular flexibility index (Phi) is 4.69. The summed E-state index contributed by atoms with van der Waals surface area (Å²) >= 11 is 0. The van der Waals surface area contributed by atoms with Crippen LogP contribution in [0.5, 0.6) is 0 Å². The first-order valence-corrected chi connectivity index (χ1v) is 6.29. The van der Waals surface area contributed by atoms with Crippen LogP contribution in [0.15, 0.2) is 42.9 Å². The fourth-order valence-electron chi connectivity index (χ4n) is 1.79. The van der Waals surface area contributed by atoms with Crippen LogP contribution >= 0.6 is 0 Å². The zero-order valence-corrected chi connectivity index (χ0v) is 10.7. The van der Waals surface area contributed by atoms with E-state index in [0.717, 1.165) is 17.7 Å². The van der Waals surface area contributed by atoms with Crippen molar-refractivity contribution < 1.29 is 4.79 Å². The summed E-state index contributed by atoms with van der Waals surface area (Å²) in [5.74, 6) is -0.0273. The second-order valence-corrected chi connectivity index (χ2v) is 4.34. The lowest BCUT2D eigenvalue weighted by atomic mass is 10.2. The van der Waals surface area contributed by atoms with Crippen LogP contribution in [0.3, 0.4) is 0 Å². The predicted molar refractivity (Wildman–Crippen MR) is 73.3 cm³/mol. The number of benzene rings is 1. The van der Waals surface area contributed by atoms with Crippen LogP contribution in [-0.4, -0.2) is 22.0 Å².